The van der Waals surface area contributed by atoms with Crippen molar-refractivity contribution in [3.8, 4) is 0 Å². The van der Waals surface area contributed by atoms with E-state index in [0.717, 1.165) is 13.0 Å². The number of sulfonamides is 1. The smallest absolute Gasteiger partial charge is 0.243 e. The average molecular weight is 463 g/mol. The van der Waals surface area contributed by atoms with Gasteiger partial charge >= 0.3 is 0 Å². The summed E-state index contributed by atoms with van der Waals surface area (Å²) in [6.45, 7) is 6.22. The van der Waals surface area contributed by atoms with Gasteiger partial charge in [0.05, 0.1) is 4.90 Å². The van der Waals surface area contributed by atoms with Crippen molar-refractivity contribution in [3.05, 3.63) is 71.4 Å². The molecule has 1 fully saturated rings. The third-order valence-corrected chi connectivity index (χ3v) is 9.51. The Labute approximate surface area is 198 Å². The van der Waals surface area contributed by atoms with Gasteiger partial charge < -0.3 is 4.57 Å². The van der Waals surface area contributed by atoms with Crippen molar-refractivity contribution in [1.82, 2.24) is 8.87 Å². The normalized spacial score (nSPS) is 18.5. The molecule has 0 atom stereocenters. The summed E-state index contributed by atoms with van der Waals surface area (Å²) in [6, 6.07) is 16.2. The Bertz CT molecular complexity index is 1280. The largest absolute Gasteiger partial charge is 0.345 e. The molecule has 0 spiro atoms. The topological polar surface area (TPSA) is 42.3 Å². The van der Waals surface area contributed by atoms with Crippen molar-refractivity contribution in [1.29, 1.82) is 0 Å². The quantitative estimate of drug-likeness (QED) is 0.435. The molecule has 2 aliphatic rings. The molecular weight excluding hydrogens is 428 g/mol. The fourth-order valence-corrected chi connectivity index (χ4v) is 7.22. The highest BCUT2D eigenvalue weighted by molar-refractivity contribution is 7.89. The van der Waals surface area contributed by atoms with E-state index in [-0.39, 0.29) is 0 Å². The van der Waals surface area contributed by atoms with Crippen LogP contribution in [-0.4, -0.2) is 30.4 Å². The predicted molar refractivity (Wildman–Crippen MR) is 136 cm³/mol. The van der Waals surface area contributed by atoms with Crippen LogP contribution in [0.5, 0.6) is 0 Å². The van der Waals surface area contributed by atoms with Crippen molar-refractivity contribution in [2.24, 2.45) is 0 Å². The summed E-state index contributed by atoms with van der Waals surface area (Å²) in [5, 5.41) is 1.26. The second-order valence-electron chi connectivity index (χ2n) is 9.47. The van der Waals surface area contributed by atoms with Gasteiger partial charge in [0.15, 0.2) is 0 Å². The maximum Gasteiger partial charge on any atom is 0.243 e. The number of aromatic nitrogens is 1. The first-order valence-electron chi connectivity index (χ1n) is 12.4. The van der Waals surface area contributed by atoms with E-state index in [9.17, 15) is 8.42 Å². The van der Waals surface area contributed by atoms with Crippen LogP contribution in [0.3, 0.4) is 0 Å². The molecule has 1 aliphatic carbocycles. The highest BCUT2D eigenvalue weighted by atomic mass is 32.2. The fourth-order valence-electron chi connectivity index (χ4n) is 5.84. The average Bonchev–Trinajstić information content (AvgIpc) is 3.15. The van der Waals surface area contributed by atoms with Crippen molar-refractivity contribution in [2.45, 2.75) is 69.7 Å². The zero-order valence-corrected chi connectivity index (χ0v) is 20.6. The van der Waals surface area contributed by atoms with Gasteiger partial charge in [-0.2, -0.15) is 4.31 Å². The van der Waals surface area contributed by atoms with Crippen LogP contribution in [0.15, 0.2) is 59.5 Å². The Kier molecular flexibility index (Phi) is 6.19. The van der Waals surface area contributed by atoms with Crippen molar-refractivity contribution in [2.75, 3.05) is 13.1 Å². The van der Waals surface area contributed by atoms with E-state index in [0.29, 0.717) is 23.9 Å². The van der Waals surface area contributed by atoms with Crippen LogP contribution < -0.4 is 0 Å². The molecule has 4 nitrogen and oxygen atoms in total. The maximum atomic E-state index is 13.3. The van der Waals surface area contributed by atoms with E-state index < -0.39 is 10.0 Å². The number of para-hydroxylation sites is 1. The SMILES string of the molecule is CCn1c(C)c(C2=CCN(S(=O)(=O)c3ccc(C4CCCCC4)cc3)CC2)c2ccccc21. The van der Waals surface area contributed by atoms with Crippen molar-refractivity contribution < 1.29 is 8.42 Å². The number of rotatable bonds is 5. The lowest BCUT2D eigenvalue weighted by molar-refractivity contribution is 0.439. The van der Waals surface area contributed by atoms with Crippen molar-refractivity contribution in [3.63, 3.8) is 0 Å². The number of benzene rings is 2. The number of nitrogens with zero attached hydrogens (tertiary/aromatic N) is 2. The molecule has 2 aromatic carbocycles. The molecule has 5 rings (SSSR count). The maximum absolute atomic E-state index is 13.3. The Balaban J connectivity index is 1.38. The molecule has 0 bridgehead atoms. The first-order chi connectivity index (χ1) is 16.0. The van der Waals surface area contributed by atoms with E-state index >= 15 is 0 Å². The van der Waals surface area contributed by atoms with Crippen LogP contribution in [0, 0.1) is 6.92 Å². The van der Waals surface area contributed by atoms with E-state index in [2.05, 4.69) is 48.8 Å². The molecule has 3 aromatic rings. The highest BCUT2D eigenvalue weighted by Crippen LogP contribution is 2.36. The van der Waals surface area contributed by atoms with Crippen LogP contribution in [0.4, 0.5) is 0 Å². The van der Waals surface area contributed by atoms with E-state index in [4.69, 9.17) is 0 Å². The number of fused-ring (bicyclic) bond motifs is 1. The molecule has 174 valence electrons. The molecule has 0 N–H and O–H groups in total. The van der Waals surface area contributed by atoms with Gasteiger partial charge in [-0.25, -0.2) is 8.42 Å². The summed E-state index contributed by atoms with van der Waals surface area (Å²) < 4.78 is 30.7. The molecule has 0 amide bonds. The van der Waals surface area contributed by atoms with Gasteiger partial charge in [0.25, 0.3) is 0 Å². The lowest BCUT2D eigenvalue weighted by Crippen LogP contribution is -2.34. The molecule has 1 saturated carbocycles. The lowest BCUT2D eigenvalue weighted by Gasteiger charge is -2.27. The Hall–Kier alpha value is -2.37. The van der Waals surface area contributed by atoms with Crippen LogP contribution in [-0.2, 0) is 16.6 Å². The van der Waals surface area contributed by atoms with E-state index in [1.165, 1.54) is 65.4 Å². The summed E-state index contributed by atoms with van der Waals surface area (Å²) in [5.74, 6) is 0.587. The Morgan fingerprint density at radius 2 is 1.70 bits per heavy atom. The zero-order chi connectivity index (χ0) is 23.0. The van der Waals surface area contributed by atoms with E-state index in [1.54, 1.807) is 4.31 Å². The van der Waals surface area contributed by atoms with Crippen LogP contribution in [0.1, 0.15) is 68.2 Å². The van der Waals surface area contributed by atoms with Gasteiger partial charge in [0.2, 0.25) is 10.0 Å². The predicted octanol–water partition coefficient (Wildman–Crippen LogP) is 6.50. The monoisotopic (exact) mass is 462 g/mol. The summed E-state index contributed by atoms with van der Waals surface area (Å²) >= 11 is 0. The van der Waals surface area contributed by atoms with Gasteiger partial charge in [-0.3, -0.25) is 0 Å². The highest BCUT2D eigenvalue weighted by Gasteiger charge is 2.28. The van der Waals surface area contributed by atoms with Gasteiger partial charge in [0.1, 0.15) is 0 Å². The summed E-state index contributed by atoms with van der Waals surface area (Å²) in [6.07, 6.45) is 9.18. The number of hydrogen-bond donors (Lipinski definition) is 0. The van der Waals surface area contributed by atoms with Gasteiger partial charge in [-0.15, -0.1) is 0 Å². The second kappa shape index (κ2) is 9.11. The molecule has 0 unspecified atom stereocenters. The Morgan fingerprint density at radius 3 is 2.36 bits per heavy atom. The molecule has 1 aliphatic heterocycles. The second-order valence-corrected chi connectivity index (χ2v) is 11.4. The molecular formula is C28H34N2O2S. The molecule has 0 radical (unpaired) electrons. The summed E-state index contributed by atoms with van der Waals surface area (Å²) in [4.78, 5) is 0.415. The van der Waals surface area contributed by atoms with Gasteiger partial charge in [-0.1, -0.05) is 55.7 Å². The minimum atomic E-state index is -3.48. The molecule has 33 heavy (non-hydrogen) atoms. The number of hydrogen-bond acceptors (Lipinski definition) is 2. The summed E-state index contributed by atoms with van der Waals surface area (Å²) in [7, 11) is -3.48. The fraction of sp³-hybridized carbons (Fsp3) is 0.429. The molecule has 0 saturated heterocycles. The number of aryl methyl sites for hydroxylation is 1. The standard InChI is InChI=1S/C28H34N2O2S/c1-3-30-21(2)28(26-11-7-8-12-27(26)30)24-17-19-29(20-18-24)33(31,32)25-15-13-23(14-16-25)22-9-5-4-6-10-22/h7-8,11-17,22H,3-6,9-10,18-20H2,1-2H3. The minimum absolute atomic E-state index is 0.415. The lowest BCUT2D eigenvalue weighted by atomic mass is 9.84. The van der Waals surface area contributed by atoms with Gasteiger partial charge in [-0.05, 0) is 68.4 Å². The van der Waals surface area contributed by atoms with Gasteiger partial charge in [0, 0.05) is 41.8 Å². The van der Waals surface area contributed by atoms with Crippen molar-refractivity contribution >= 4 is 26.5 Å². The first-order valence-corrected chi connectivity index (χ1v) is 13.8. The summed E-state index contributed by atoms with van der Waals surface area (Å²) in [5.41, 5.74) is 6.34. The third-order valence-electron chi connectivity index (χ3n) is 7.63. The van der Waals surface area contributed by atoms with Crippen LogP contribution in [0.2, 0.25) is 0 Å². The molecule has 5 heteroatoms. The van der Waals surface area contributed by atoms with Crippen LogP contribution in [0.25, 0.3) is 16.5 Å². The first kappa shape index (κ1) is 22.4. The minimum Gasteiger partial charge on any atom is -0.345 e. The Morgan fingerprint density at radius 1 is 0.970 bits per heavy atom. The molecule has 2 heterocycles. The van der Waals surface area contributed by atoms with Crippen LogP contribution >= 0.6 is 0 Å². The zero-order valence-electron chi connectivity index (χ0n) is 19.8. The third kappa shape index (κ3) is 4.06. The van der Waals surface area contributed by atoms with E-state index in [1.807, 2.05) is 24.3 Å². The molecule has 1 aromatic heterocycles.